The van der Waals surface area contributed by atoms with Crippen LogP contribution in [0.5, 0.6) is 11.6 Å². The number of nitrogens with one attached hydrogen (secondary N) is 1. The Labute approximate surface area is 166 Å². The number of hydrogen-bond acceptors (Lipinski definition) is 7. The van der Waals surface area contributed by atoms with Gasteiger partial charge in [0.2, 0.25) is 11.8 Å². The molecule has 0 saturated carbocycles. The Morgan fingerprint density at radius 2 is 2.18 bits per heavy atom. The molecule has 0 bridgehead atoms. The molecule has 28 heavy (non-hydrogen) atoms. The zero-order chi connectivity index (χ0) is 19.9. The van der Waals surface area contributed by atoms with Gasteiger partial charge >= 0.3 is 0 Å². The number of halogens is 2. The summed E-state index contributed by atoms with van der Waals surface area (Å²) in [5.74, 6) is 0.613. The fourth-order valence-electron chi connectivity index (χ4n) is 2.65. The van der Waals surface area contributed by atoms with Crippen LogP contribution in [-0.2, 0) is 4.74 Å². The number of hydrogen-bond donors (Lipinski definition) is 1. The number of nitrogens with zero attached hydrogens (tertiary/aromatic N) is 3. The summed E-state index contributed by atoms with van der Waals surface area (Å²) in [6.45, 7) is 1.26. The molecule has 1 aromatic carbocycles. The molecule has 1 aliphatic rings. The number of carbonyl (C=O) groups excluding carboxylic acids is 1. The molecule has 10 heteroatoms. The van der Waals surface area contributed by atoms with Gasteiger partial charge in [-0.15, -0.1) is 0 Å². The Bertz CT molecular complexity index is 833. The van der Waals surface area contributed by atoms with E-state index in [0.29, 0.717) is 43.3 Å². The number of methoxy groups -OCH3 is 1. The van der Waals surface area contributed by atoms with Crippen LogP contribution < -0.4 is 14.8 Å². The highest BCUT2D eigenvalue weighted by Gasteiger charge is 2.20. The normalized spacial score (nSPS) is 13.9. The van der Waals surface area contributed by atoms with Crippen molar-refractivity contribution in [2.75, 3.05) is 52.0 Å². The lowest BCUT2D eigenvalue weighted by Gasteiger charge is -2.27. The Morgan fingerprint density at radius 1 is 1.39 bits per heavy atom. The van der Waals surface area contributed by atoms with Crippen molar-refractivity contribution in [2.24, 2.45) is 0 Å². The second-order valence-electron chi connectivity index (χ2n) is 5.83. The van der Waals surface area contributed by atoms with E-state index in [1.807, 2.05) is 0 Å². The Kier molecular flexibility index (Phi) is 6.83. The number of alkyl halides is 1. The van der Waals surface area contributed by atoms with E-state index in [0.717, 1.165) is 0 Å². The summed E-state index contributed by atoms with van der Waals surface area (Å²) in [5, 5.41) is 3.25. The van der Waals surface area contributed by atoms with Gasteiger partial charge in [0.05, 0.1) is 32.2 Å². The van der Waals surface area contributed by atoms with E-state index < -0.39 is 6.67 Å². The van der Waals surface area contributed by atoms with Gasteiger partial charge in [-0.05, 0) is 18.2 Å². The van der Waals surface area contributed by atoms with Crippen molar-refractivity contribution in [1.82, 2.24) is 14.9 Å². The van der Waals surface area contributed by atoms with E-state index in [-0.39, 0.29) is 29.4 Å². The molecule has 0 atom stereocenters. The van der Waals surface area contributed by atoms with E-state index in [1.54, 1.807) is 23.1 Å². The van der Waals surface area contributed by atoms with Crippen LogP contribution in [0.4, 0.5) is 16.0 Å². The summed E-state index contributed by atoms with van der Waals surface area (Å²) in [6, 6.07) is 4.89. The third kappa shape index (κ3) is 4.79. The summed E-state index contributed by atoms with van der Waals surface area (Å²) >= 11 is 5.93. The molecule has 0 unspecified atom stereocenters. The molecule has 0 aliphatic carbocycles. The fourth-order valence-corrected chi connectivity index (χ4v) is 2.82. The number of ether oxygens (including phenoxy) is 3. The third-order valence-corrected chi connectivity index (χ3v) is 4.27. The van der Waals surface area contributed by atoms with Gasteiger partial charge in [-0.25, -0.2) is 9.37 Å². The van der Waals surface area contributed by atoms with Crippen molar-refractivity contribution in [2.45, 2.75) is 0 Å². The highest BCUT2D eigenvalue weighted by Crippen LogP contribution is 2.30. The average molecular weight is 411 g/mol. The molecule has 1 fully saturated rings. The highest BCUT2D eigenvalue weighted by atomic mass is 35.5. The maximum absolute atomic E-state index is 12.7. The molecule has 1 amide bonds. The van der Waals surface area contributed by atoms with Crippen LogP contribution in [-0.4, -0.2) is 67.5 Å². The molecule has 1 N–H and O–H groups in total. The highest BCUT2D eigenvalue weighted by molar-refractivity contribution is 6.31. The van der Waals surface area contributed by atoms with Crippen molar-refractivity contribution in [3.8, 4) is 11.6 Å². The van der Waals surface area contributed by atoms with Gasteiger partial charge in [0, 0.05) is 18.7 Å². The standard InChI is InChI=1S/C18H20ClFN4O4/c1-26-16-13(19)11-21-18(23-16)22-14-3-2-12(10-15(14)28-7-4-20)17(25)24-5-8-27-9-6-24/h2-3,10-11H,4-9H2,1H3,(H,21,22,23). The van der Waals surface area contributed by atoms with Crippen molar-refractivity contribution >= 4 is 29.1 Å². The van der Waals surface area contributed by atoms with Crippen LogP contribution in [0.1, 0.15) is 10.4 Å². The first-order chi connectivity index (χ1) is 13.6. The predicted octanol–water partition coefficient (Wildman–Crippen LogP) is 2.70. The van der Waals surface area contributed by atoms with E-state index in [2.05, 4.69) is 15.3 Å². The fraction of sp³-hybridized carbons (Fsp3) is 0.389. The number of benzene rings is 1. The molecular formula is C18H20ClFN4O4. The predicted molar refractivity (Wildman–Crippen MR) is 102 cm³/mol. The molecular weight excluding hydrogens is 391 g/mol. The molecule has 8 nitrogen and oxygen atoms in total. The van der Waals surface area contributed by atoms with Crippen LogP contribution in [0.25, 0.3) is 0 Å². The minimum Gasteiger partial charge on any atom is -0.489 e. The van der Waals surface area contributed by atoms with Crippen LogP contribution in [0.3, 0.4) is 0 Å². The summed E-state index contributed by atoms with van der Waals surface area (Å²) < 4.78 is 28.5. The number of carbonyl (C=O) groups is 1. The summed E-state index contributed by atoms with van der Waals surface area (Å²) in [5.41, 5.74) is 0.923. The molecule has 2 aromatic rings. The second kappa shape index (κ2) is 9.52. The maximum atomic E-state index is 12.7. The quantitative estimate of drug-likeness (QED) is 0.751. The van der Waals surface area contributed by atoms with Gasteiger partial charge in [-0.3, -0.25) is 4.79 Å². The van der Waals surface area contributed by atoms with Crippen molar-refractivity contribution < 1.29 is 23.4 Å². The summed E-state index contributed by atoms with van der Waals surface area (Å²) in [7, 11) is 1.44. The summed E-state index contributed by atoms with van der Waals surface area (Å²) in [6.07, 6.45) is 1.40. The van der Waals surface area contributed by atoms with Crippen molar-refractivity contribution in [3.05, 3.63) is 35.0 Å². The van der Waals surface area contributed by atoms with E-state index in [4.69, 9.17) is 25.8 Å². The van der Waals surface area contributed by atoms with Gasteiger partial charge in [-0.1, -0.05) is 11.6 Å². The largest absolute Gasteiger partial charge is 0.489 e. The van der Waals surface area contributed by atoms with Crippen LogP contribution in [0, 0.1) is 0 Å². The van der Waals surface area contributed by atoms with Gasteiger partial charge in [0.1, 0.15) is 24.1 Å². The molecule has 1 aliphatic heterocycles. The minimum atomic E-state index is -0.660. The molecule has 150 valence electrons. The second-order valence-corrected chi connectivity index (χ2v) is 6.24. The molecule has 0 radical (unpaired) electrons. The van der Waals surface area contributed by atoms with Gasteiger partial charge in [-0.2, -0.15) is 4.98 Å². The molecule has 3 rings (SSSR count). The number of morpholine rings is 1. The Hall–Kier alpha value is -2.65. The lowest BCUT2D eigenvalue weighted by molar-refractivity contribution is 0.0302. The SMILES string of the molecule is COc1nc(Nc2ccc(C(=O)N3CCOCC3)cc2OCCF)ncc1Cl. The van der Waals surface area contributed by atoms with Crippen LogP contribution in [0.15, 0.2) is 24.4 Å². The lowest BCUT2D eigenvalue weighted by Crippen LogP contribution is -2.40. The number of rotatable bonds is 7. The zero-order valence-corrected chi connectivity index (χ0v) is 16.0. The van der Waals surface area contributed by atoms with Gasteiger partial charge in [0.25, 0.3) is 5.91 Å². The topological polar surface area (TPSA) is 85.8 Å². The number of amides is 1. The molecule has 1 saturated heterocycles. The Balaban J connectivity index is 1.84. The molecule has 2 heterocycles. The first-order valence-corrected chi connectivity index (χ1v) is 9.03. The lowest BCUT2D eigenvalue weighted by atomic mass is 10.1. The maximum Gasteiger partial charge on any atom is 0.254 e. The monoisotopic (exact) mass is 410 g/mol. The average Bonchev–Trinajstić information content (AvgIpc) is 2.74. The van der Waals surface area contributed by atoms with Crippen LogP contribution >= 0.6 is 11.6 Å². The van der Waals surface area contributed by atoms with E-state index in [1.165, 1.54) is 13.3 Å². The van der Waals surface area contributed by atoms with Gasteiger partial charge in [0.15, 0.2) is 0 Å². The molecule has 0 spiro atoms. The van der Waals surface area contributed by atoms with Crippen molar-refractivity contribution in [3.63, 3.8) is 0 Å². The number of aromatic nitrogens is 2. The van der Waals surface area contributed by atoms with Crippen molar-refractivity contribution in [1.29, 1.82) is 0 Å². The summed E-state index contributed by atoms with van der Waals surface area (Å²) in [4.78, 5) is 22.6. The zero-order valence-electron chi connectivity index (χ0n) is 15.3. The minimum absolute atomic E-state index is 0.135. The molecule has 1 aromatic heterocycles. The smallest absolute Gasteiger partial charge is 0.254 e. The first kappa shape index (κ1) is 20.1. The Morgan fingerprint density at radius 3 is 2.89 bits per heavy atom. The van der Waals surface area contributed by atoms with Gasteiger partial charge < -0.3 is 24.4 Å². The first-order valence-electron chi connectivity index (χ1n) is 8.65. The number of anilines is 2. The van der Waals surface area contributed by atoms with E-state index in [9.17, 15) is 9.18 Å². The van der Waals surface area contributed by atoms with Crippen LogP contribution in [0.2, 0.25) is 5.02 Å². The third-order valence-electron chi connectivity index (χ3n) is 4.01. The van der Waals surface area contributed by atoms with E-state index >= 15 is 0 Å².